The van der Waals surface area contributed by atoms with Crippen LogP contribution in [0.25, 0.3) is 11.0 Å². The normalized spacial score (nSPS) is 17.4. The van der Waals surface area contributed by atoms with Gasteiger partial charge in [-0.2, -0.15) is 5.26 Å². The van der Waals surface area contributed by atoms with Crippen molar-refractivity contribution < 1.29 is 17.3 Å². The molecule has 0 amide bonds. The summed E-state index contributed by atoms with van der Waals surface area (Å²) in [4.78, 5) is 2.38. The van der Waals surface area contributed by atoms with Crippen LogP contribution in [0.5, 0.6) is 0 Å². The Kier molecular flexibility index (Phi) is 5.81. The fourth-order valence-electron chi connectivity index (χ4n) is 3.74. The van der Waals surface area contributed by atoms with Crippen LogP contribution in [0.1, 0.15) is 24.1 Å². The van der Waals surface area contributed by atoms with Crippen molar-refractivity contribution in [2.75, 3.05) is 19.6 Å². The van der Waals surface area contributed by atoms with Crippen LogP contribution < -0.4 is 4.72 Å². The van der Waals surface area contributed by atoms with Crippen LogP contribution >= 0.6 is 0 Å². The zero-order chi connectivity index (χ0) is 21.1. The third-order valence-corrected chi connectivity index (χ3v) is 6.82. The average Bonchev–Trinajstić information content (AvgIpc) is 3.34. The number of rotatable bonds is 7. The van der Waals surface area contributed by atoms with Crippen LogP contribution in [0.2, 0.25) is 0 Å². The van der Waals surface area contributed by atoms with Gasteiger partial charge in [0.15, 0.2) is 5.58 Å². The Morgan fingerprint density at radius 2 is 2.07 bits per heavy atom. The van der Waals surface area contributed by atoms with Crippen molar-refractivity contribution >= 4 is 21.0 Å². The first-order valence-corrected chi connectivity index (χ1v) is 11.2. The summed E-state index contributed by atoms with van der Waals surface area (Å²) in [5.41, 5.74) is 1.68. The van der Waals surface area contributed by atoms with Crippen molar-refractivity contribution in [3.8, 4) is 6.07 Å². The van der Waals surface area contributed by atoms with Crippen LogP contribution in [0.15, 0.2) is 51.9 Å². The summed E-state index contributed by atoms with van der Waals surface area (Å²) in [6.45, 7) is 2.26. The highest BCUT2D eigenvalue weighted by Crippen LogP contribution is 2.21. The smallest absolute Gasteiger partial charge is 0.240 e. The van der Waals surface area contributed by atoms with Gasteiger partial charge in [0.1, 0.15) is 5.82 Å². The monoisotopic (exact) mass is 428 g/mol. The summed E-state index contributed by atoms with van der Waals surface area (Å²) < 4.78 is 46.3. The van der Waals surface area contributed by atoms with Gasteiger partial charge in [-0.15, -0.1) is 0 Å². The van der Waals surface area contributed by atoms with E-state index in [1.807, 2.05) is 6.07 Å². The molecule has 30 heavy (non-hydrogen) atoms. The van der Waals surface area contributed by atoms with Gasteiger partial charge < -0.3 is 9.42 Å². The van der Waals surface area contributed by atoms with Gasteiger partial charge in [-0.3, -0.25) is 0 Å². The summed E-state index contributed by atoms with van der Waals surface area (Å²) in [5, 5.41) is 13.7. The number of likely N-dealkylation sites (tertiary alicyclic amines) is 1. The van der Waals surface area contributed by atoms with E-state index in [-0.39, 0.29) is 16.8 Å². The highest BCUT2D eigenvalue weighted by Gasteiger charge is 2.27. The second kappa shape index (κ2) is 8.52. The Morgan fingerprint density at radius 1 is 1.27 bits per heavy atom. The van der Waals surface area contributed by atoms with Crippen LogP contribution in [-0.2, 0) is 16.4 Å². The van der Waals surface area contributed by atoms with Gasteiger partial charge in [-0.05, 0) is 68.8 Å². The van der Waals surface area contributed by atoms with E-state index in [1.165, 1.54) is 36.4 Å². The molecule has 1 saturated heterocycles. The maximum Gasteiger partial charge on any atom is 0.240 e. The van der Waals surface area contributed by atoms with E-state index >= 15 is 0 Å². The molecule has 1 aliphatic heterocycles. The largest absolute Gasteiger partial charge is 0.356 e. The molecule has 2 aromatic carbocycles. The van der Waals surface area contributed by atoms with Crippen molar-refractivity contribution in [1.82, 2.24) is 14.8 Å². The van der Waals surface area contributed by atoms with E-state index in [0.717, 1.165) is 37.0 Å². The number of halogens is 1. The van der Waals surface area contributed by atoms with Gasteiger partial charge in [-0.1, -0.05) is 5.16 Å². The lowest BCUT2D eigenvalue weighted by molar-refractivity contribution is 0.326. The molecule has 3 aromatic rings. The minimum absolute atomic E-state index is 0.151. The molecule has 0 bridgehead atoms. The van der Waals surface area contributed by atoms with Crippen LogP contribution in [-0.4, -0.2) is 44.2 Å². The van der Waals surface area contributed by atoms with Crippen molar-refractivity contribution in [1.29, 1.82) is 5.26 Å². The Morgan fingerprint density at radius 3 is 2.83 bits per heavy atom. The van der Waals surface area contributed by atoms with Gasteiger partial charge in [0.25, 0.3) is 0 Å². The van der Waals surface area contributed by atoms with Gasteiger partial charge >= 0.3 is 0 Å². The predicted octanol–water partition coefficient (Wildman–Crippen LogP) is 2.82. The highest BCUT2D eigenvalue weighted by molar-refractivity contribution is 7.89. The van der Waals surface area contributed by atoms with E-state index in [4.69, 9.17) is 9.78 Å². The van der Waals surface area contributed by atoms with Crippen molar-refractivity contribution in [2.45, 2.75) is 30.2 Å². The number of hydrogen-bond acceptors (Lipinski definition) is 6. The van der Waals surface area contributed by atoms with Gasteiger partial charge in [0, 0.05) is 24.0 Å². The molecule has 1 N–H and O–H groups in total. The van der Waals surface area contributed by atoms with Gasteiger partial charge in [0.2, 0.25) is 10.0 Å². The molecule has 0 radical (unpaired) electrons. The summed E-state index contributed by atoms with van der Waals surface area (Å²) >= 11 is 0. The van der Waals surface area contributed by atoms with Crippen molar-refractivity contribution in [3.05, 3.63) is 59.5 Å². The number of nitriles is 1. The third kappa shape index (κ3) is 4.51. The van der Waals surface area contributed by atoms with Crippen molar-refractivity contribution in [3.63, 3.8) is 0 Å². The molecule has 2 heterocycles. The molecule has 1 aliphatic rings. The van der Waals surface area contributed by atoms with Gasteiger partial charge in [0.05, 0.1) is 22.2 Å². The Bertz CT molecular complexity index is 1190. The van der Waals surface area contributed by atoms with Crippen LogP contribution in [0.4, 0.5) is 4.39 Å². The minimum Gasteiger partial charge on any atom is -0.356 e. The molecule has 4 rings (SSSR count). The molecule has 0 spiro atoms. The molecule has 1 unspecified atom stereocenters. The zero-order valence-electron chi connectivity index (χ0n) is 16.2. The van der Waals surface area contributed by atoms with E-state index in [0.29, 0.717) is 24.1 Å². The topological polar surface area (TPSA) is 99.2 Å². The summed E-state index contributed by atoms with van der Waals surface area (Å²) in [7, 11) is -3.62. The number of aromatic nitrogens is 1. The number of sulfonamides is 1. The number of nitrogens with zero attached hydrogens (tertiary/aromatic N) is 3. The highest BCUT2D eigenvalue weighted by atomic mass is 32.2. The zero-order valence-corrected chi connectivity index (χ0v) is 17.0. The number of nitrogens with one attached hydrogen (secondary N) is 1. The average molecular weight is 428 g/mol. The first kappa shape index (κ1) is 20.5. The van der Waals surface area contributed by atoms with Crippen molar-refractivity contribution in [2.24, 2.45) is 0 Å². The molecule has 1 atom stereocenters. The maximum atomic E-state index is 13.2. The fourth-order valence-corrected chi connectivity index (χ4v) is 5.00. The first-order valence-electron chi connectivity index (χ1n) is 9.73. The predicted molar refractivity (Wildman–Crippen MR) is 109 cm³/mol. The number of aryl methyl sites for hydroxylation is 1. The molecule has 156 valence electrons. The number of benzene rings is 2. The lowest BCUT2D eigenvalue weighted by atomic mass is 10.1. The standard InChI is InChI=1S/C21H21FN4O3S/c22-16-5-8-19-20(24-29-21(19)12-16)2-1-10-26-11-9-17(14-26)25-30(27,28)18-6-3-15(13-23)4-7-18/h3-8,12,17,25H,1-2,9-11,14H2. The van der Waals surface area contributed by atoms with E-state index < -0.39 is 10.0 Å². The molecule has 9 heteroatoms. The summed E-state index contributed by atoms with van der Waals surface area (Å²) in [6, 6.07) is 12.1. The molecule has 7 nitrogen and oxygen atoms in total. The second-order valence-corrected chi connectivity index (χ2v) is 9.13. The number of fused-ring (bicyclic) bond motifs is 1. The molecule has 1 aromatic heterocycles. The van der Waals surface area contributed by atoms with Crippen LogP contribution in [0.3, 0.4) is 0 Å². The first-order chi connectivity index (χ1) is 14.4. The van der Waals surface area contributed by atoms with E-state index in [1.54, 1.807) is 6.07 Å². The molecular weight excluding hydrogens is 407 g/mol. The van der Waals surface area contributed by atoms with E-state index in [9.17, 15) is 12.8 Å². The molecule has 1 fully saturated rings. The summed E-state index contributed by atoms with van der Waals surface area (Å²) in [6.07, 6.45) is 2.28. The Labute approximate surface area is 174 Å². The summed E-state index contributed by atoms with van der Waals surface area (Å²) in [5.74, 6) is -0.350. The maximum absolute atomic E-state index is 13.2. The fraction of sp³-hybridized carbons (Fsp3) is 0.333. The third-order valence-electron chi connectivity index (χ3n) is 5.28. The molecule has 0 saturated carbocycles. The van der Waals surface area contributed by atoms with Gasteiger partial charge in [-0.25, -0.2) is 17.5 Å². The SMILES string of the molecule is N#Cc1ccc(S(=O)(=O)NC2CCN(CCCc3noc4cc(F)ccc34)C2)cc1. The minimum atomic E-state index is -3.62. The number of hydrogen-bond donors (Lipinski definition) is 1. The van der Waals surface area contributed by atoms with E-state index in [2.05, 4.69) is 14.8 Å². The Hall–Kier alpha value is -2.80. The van der Waals surface area contributed by atoms with Crippen LogP contribution in [0, 0.1) is 17.1 Å². The lowest BCUT2D eigenvalue weighted by Crippen LogP contribution is -2.37. The lowest BCUT2D eigenvalue weighted by Gasteiger charge is -2.16. The molecule has 0 aliphatic carbocycles. The Balaban J connectivity index is 1.28. The quantitative estimate of drug-likeness (QED) is 0.621. The second-order valence-electron chi connectivity index (χ2n) is 7.42. The molecular formula is C21H21FN4O3S.